The lowest BCUT2D eigenvalue weighted by Crippen LogP contribution is -2.53. The number of nitrogens with one attached hydrogen (secondary N) is 1. The molecule has 35 heavy (non-hydrogen) atoms. The minimum Gasteiger partial charge on any atom is -0.336 e. The lowest BCUT2D eigenvalue weighted by atomic mass is 10.0. The summed E-state index contributed by atoms with van der Waals surface area (Å²) in [7, 11) is -3.43. The molecular weight excluding hydrogens is 471 g/mol. The van der Waals surface area contributed by atoms with E-state index in [1.165, 1.54) is 21.3 Å². The van der Waals surface area contributed by atoms with Crippen LogP contribution in [-0.4, -0.2) is 64.7 Å². The summed E-state index contributed by atoms with van der Waals surface area (Å²) in [6, 6.07) is 11.5. The number of sulfonamides is 1. The van der Waals surface area contributed by atoms with Crippen LogP contribution in [0.4, 0.5) is 4.39 Å². The van der Waals surface area contributed by atoms with Crippen molar-refractivity contribution in [1.29, 1.82) is 0 Å². The van der Waals surface area contributed by atoms with E-state index in [4.69, 9.17) is 0 Å². The zero-order valence-corrected chi connectivity index (χ0v) is 20.4. The fourth-order valence-corrected chi connectivity index (χ4v) is 7.05. The van der Waals surface area contributed by atoms with Crippen molar-refractivity contribution in [2.24, 2.45) is 5.92 Å². The summed E-state index contributed by atoms with van der Waals surface area (Å²) in [5.74, 6) is -0.975. The molecule has 1 aromatic heterocycles. The van der Waals surface area contributed by atoms with Gasteiger partial charge in [-0.1, -0.05) is 31.2 Å². The van der Waals surface area contributed by atoms with Gasteiger partial charge in [0.25, 0.3) is 11.5 Å². The van der Waals surface area contributed by atoms with Gasteiger partial charge in [-0.25, -0.2) is 17.9 Å². The summed E-state index contributed by atoms with van der Waals surface area (Å²) in [6.07, 6.45) is 0.951. The predicted octanol–water partition coefficient (Wildman–Crippen LogP) is 2.54. The number of carbonyl (C=O) groups excluding carboxylic acids is 1. The maximum Gasteiger partial charge on any atom is 0.272 e. The van der Waals surface area contributed by atoms with Crippen LogP contribution in [0, 0.1) is 11.7 Å². The van der Waals surface area contributed by atoms with Crippen LogP contribution in [0.25, 0.3) is 10.8 Å². The zero-order valence-electron chi connectivity index (χ0n) is 19.6. The van der Waals surface area contributed by atoms with Gasteiger partial charge in [0.1, 0.15) is 5.82 Å². The first-order valence-corrected chi connectivity index (χ1v) is 13.1. The van der Waals surface area contributed by atoms with Gasteiger partial charge in [-0.2, -0.15) is 9.40 Å². The standard InChI is InChI=1S/C25H27FN4O4S/c1-16-15-25(16,2)35(33,34)30-11-9-29(10-12-30)24(32)20-13-17(7-8-21(20)26)14-22-18-5-3-4-6-19(18)23(31)28-27-22/h3-8,13,16H,9-12,14-15H2,1-2H3,(H,28,31)/t16-,25-/m1/s1. The van der Waals surface area contributed by atoms with Gasteiger partial charge >= 0.3 is 0 Å². The Morgan fingerprint density at radius 2 is 1.80 bits per heavy atom. The molecule has 2 fully saturated rings. The fraction of sp³-hybridized carbons (Fsp3) is 0.400. The van der Waals surface area contributed by atoms with E-state index in [2.05, 4.69) is 10.2 Å². The second-order valence-electron chi connectivity index (χ2n) is 9.65. The van der Waals surface area contributed by atoms with E-state index in [-0.39, 0.29) is 43.2 Å². The molecule has 10 heteroatoms. The minimum atomic E-state index is -3.43. The first kappa shape index (κ1) is 23.6. The van der Waals surface area contributed by atoms with Crippen LogP contribution >= 0.6 is 0 Å². The number of amides is 1. The van der Waals surface area contributed by atoms with Crippen LogP contribution in [0.1, 0.15) is 41.9 Å². The van der Waals surface area contributed by atoms with Crippen molar-refractivity contribution in [3.8, 4) is 0 Å². The highest BCUT2D eigenvalue weighted by Crippen LogP contribution is 2.50. The molecule has 1 N–H and O–H groups in total. The number of hydrogen-bond acceptors (Lipinski definition) is 5. The van der Waals surface area contributed by atoms with Crippen LogP contribution in [0.2, 0.25) is 0 Å². The molecule has 2 heterocycles. The first-order chi connectivity index (χ1) is 16.6. The van der Waals surface area contributed by atoms with Crippen LogP contribution in [0.15, 0.2) is 47.3 Å². The van der Waals surface area contributed by atoms with Gasteiger partial charge in [0.15, 0.2) is 0 Å². The van der Waals surface area contributed by atoms with E-state index in [0.717, 1.165) is 0 Å². The molecule has 1 saturated heterocycles. The molecular formula is C25H27FN4O4S. The maximum absolute atomic E-state index is 14.7. The molecule has 184 valence electrons. The maximum atomic E-state index is 14.7. The fourth-order valence-electron chi connectivity index (χ4n) is 4.85. The third kappa shape index (κ3) is 4.04. The van der Waals surface area contributed by atoms with Crippen molar-refractivity contribution < 1.29 is 17.6 Å². The van der Waals surface area contributed by atoms with E-state index in [0.29, 0.717) is 34.9 Å². The highest BCUT2D eigenvalue weighted by Gasteiger charge is 2.59. The molecule has 0 bridgehead atoms. The molecule has 1 aliphatic heterocycles. The largest absolute Gasteiger partial charge is 0.336 e. The lowest BCUT2D eigenvalue weighted by Gasteiger charge is -2.35. The Morgan fingerprint density at radius 1 is 1.14 bits per heavy atom. The number of hydrogen-bond donors (Lipinski definition) is 1. The molecule has 5 rings (SSSR count). The SMILES string of the molecule is C[C@@H]1C[C@@]1(C)S(=O)(=O)N1CCN(C(=O)c2cc(Cc3n[nH]c(=O)c4ccccc34)ccc2F)CC1. The van der Waals surface area contributed by atoms with E-state index < -0.39 is 26.5 Å². The van der Waals surface area contributed by atoms with E-state index in [1.54, 1.807) is 31.2 Å². The summed E-state index contributed by atoms with van der Waals surface area (Å²) in [5.41, 5.74) is 0.948. The van der Waals surface area contributed by atoms with Crippen molar-refractivity contribution in [2.75, 3.05) is 26.2 Å². The summed E-state index contributed by atoms with van der Waals surface area (Å²) >= 11 is 0. The quantitative estimate of drug-likeness (QED) is 0.582. The highest BCUT2D eigenvalue weighted by molar-refractivity contribution is 7.90. The van der Waals surface area contributed by atoms with Crippen LogP contribution in [0.3, 0.4) is 0 Å². The van der Waals surface area contributed by atoms with Crippen molar-refractivity contribution in [3.63, 3.8) is 0 Å². The molecule has 2 aromatic carbocycles. The van der Waals surface area contributed by atoms with Gasteiger partial charge in [0.2, 0.25) is 10.0 Å². The smallest absolute Gasteiger partial charge is 0.272 e. The number of halogens is 1. The monoisotopic (exact) mass is 498 g/mol. The average Bonchev–Trinajstić information content (AvgIpc) is 3.50. The molecule has 1 saturated carbocycles. The third-order valence-electron chi connectivity index (χ3n) is 7.46. The predicted molar refractivity (Wildman–Crippen MR) is 130 cm³/mol. The Morgan fingerprint density at radius 3 is 2.46 bits per heavy atom. The normalized spacial score (nSPS) is 22.9. The van der Waals surface area contributed by atoms with Crippen molar-refractivity contribution >= 4 is 26.7 Å². The van der Waals surface area contributed by atoms with Crippen LogP contribution in [0.5, 0.6) is 0 Å². The van der Waals surface area contributed by atoms with Gasteiger partial charge in [-0.3, -0.25) is 9.59 Å². The van der Waals surface area contributed by atoms with E-state index in [1.807, 2.05) is 13.0 Å². The molecule has 1 aliphatic carbocycles. The number of nitrogens with zero attached hydrogens (tertiary/aromatic N) is 3. The molecule has 0 unspecified atom stereocenters. The summed E-state index contributed by atoms with van der Waals surface area (Å²) in [6.45, 7) is 4.51. The van der Waals surface area contributed by atoms with Crippen LogP contribution < -0.4 is 5.56 Å². The van der Waals surface area contributed by atoms with E-state index in [9.17, 15) is 22.4 Å². The average molecular weight is 499 g/mol. The second kappa shape index (κ2) is 8.53. The number of benzene rings is 2. The van der Waals surface area contributed by atoms with Gasteiger partial charge in [-0.05, 0) is 43.0 Å². The van der Waals surface area contributed by atoms with Crippen LogP contribution in [-0.2, 0) is 16.4 Å². The number of carbonyl (C=O) groups is 1. The first-order valence-electron chi connectivity index (χ1n) is 11.7. The number of H-pyrrole nitrogens is 1. The Hall–Kier alpha value is -3.11. The molecule has 8 nitrogen and oxygen atoms in total. The molecule has 1 amide bonds. The number of rotatable bonds is 5. The number of aromatic nitrogens is 2. The number of aromatic amines is 1. The minimum absolute atomic E-state index is 0.0599. The second-order valence-corrected chi connectivity index (χ2v) is 12.0. The Kier molecular flexibility index (Phi) is 5.76. The number of fused-ring (bicyclic) bond motifs is 1. The van der Waals surface area contributed by atoms with Crippen molar-refractivity contribution in [2.45, 2.75) is 31.4 Å². The van der Waals surface area contributed by atoms with Crippen molar-refractivity contribution in [1.82, 2.24) is 19.4 Å². The van der Waals surface area contributed by atoms with Gasteiger partial charge < -0.3 is 4.90 Å². The molecule has 3 aromatic rings. The van der Waals surface area contributed by atoms with E-state index >= 15 is 0 Å². The third-order valence-corrected chi connectivity index (χ3v) is 10.2. The topological polar surface area (TPSA) is 103 Å². The van der Waals surface area contributed by atoms with Crippen molar-refractivity contribution in [3.05, 3.63) is 75.5 Å². The molecule has 2 atom stereocenters. The Bertz CT molecular complexity index is 1480. The van der Waals surface area contributed by atoms with Gasteiger partial charge in [0, 0.05) is 38.0 Å². The number of piperazine rings is 1. The molecule has 0 radical (unpaired) electrons. The lowest BCUT2D eigenvalue weighted by molar-refractivity contribution is 0.0692. The highest BCUT2D eigenvalue weighted by atomic mass is 32.2. The summed E-state index contributed by atoms with van der Waals surface area (Å²) in [5, 5.41) is 7.86. The summed E-state index contributed by atoms with van der Waals surface area (Å²) < 4.78 is 41.3. The zero-order chi connectivity index (χ0) is 25.0. The molecule has 0 spiro atoms. The van der Waals surface area contributed by atoms with Gasteiger partial charge in [0.05, 0.1) is 21.4 Å². The Labute approximate surface area is 202 Å². The van der Waals surface area contributed by atoms with Gasteiger partial charge in [-0.15, -0.1) is 0 Å². The molecule has 2 aliphatic rings. The Balaban J connectivity index is 1.33. The summed E-state index contributed by atoms with van der Waals surface area (Å²) in [4.78, 5) is 26.7.